The van der Waals surface area contributed by atoms with Crippen LogP contribution in [0.25, 0.3) is 16.7 Å². The lowest BCUT2D eigenvalue weighted by Gasteiger charge is -2.16. The van der Waals surface area contributed by atoms with E-state index in [1.807, 2.05) is 48.5 Å². The highest BCUT2D eigenvalue weighted by atomic mass is 16.5. The van der Waals surface area contributed by atoms with E-state index >= 15 is 0 Å². The summed E-state index contributed by atoms with van der Waals surface area (Å²) in [6.07, 6.45) is 1.45. The molecule has 0 aliphatic carbocycles. The topological polar surface area (TPSA) is 152 Å². The second kappa shape index (κ2) is 11.8. The highest BCUT2D eigenvalue weighted by molar-refractivity contribution is 5.99. The Labute approximate surface area is 213 Å². The Morgan fingerprint density at radius 2 is 1.89 bits per heavy atom. The molecule has 0 saturated carbocycles. The molecule has 0 unspecified atom stereocenters. The van der Waals surface area contributed by atoms with E-state index in [2.05, 4.69) is 37.3 Å². The lowest BCUT2D eigenvalue weighted by Crippen LogP contribution is -2.11. The summed E-state index contributed by atoms with van der Waals surface area (Å²) in [4.78, 5) is 12.7. The van der Waals surface area contributed by atoms with Gasteiger partial charge in [0.05, 0.1) is 35.2 Å². The molecule has 0 aliphatic rings. The van der Waals surface area contributed by atoms with Crippen LogP contribution in [0, 0.1) is 22.7 Å². The van der Waals surface area contributed by atoms with Crippen LogP contribution in [0.2, 0.25) is 0 Å². The minimum Gasteiger partial charge on any atom is -0.462 e. The number of hydrogen-bond acceptors (Lipinski definition) is 9. The number of para-hydroxylation sites is 1. The maximum absolute atomic E-state index is 12.7. The molecule has 0 saturated heterocycles. The van der Waals surface area contributed by atoms with E-state index in [9.17, 15) is 15.3 Å². The molecule has 37 heavy (non-hydrogen) atoms. The zero-order chi connectivity index (χ0) is 26.0. The molecule has 3 aromatic carbocycles. The van der Waals surface area contributed by atoms with E-state index in [1.165, 1.54) is 6.20 Å². The number of ether oxygens (including phenoxy) is 1. The number of H-pyrrole nitrogens is 1. The average molecular weight is 491 g/mol. The predicted molar refractivity (Wildman–Crippen MR) is 138 cm³/mol. The molecular formula is C27H22N8O2. The van der Waals surface area contributed by atoms with Gasteiger partial charge < -0.3 is 15.4 Å². The van der Waals surface area contributed by atoms with Gasteiger partial charge >= 0.3 is 5.97 Å². The monoisotopic (exact) mass is 490 g/mol. The maximum Gasteiger partial charge on any atom is 0.340 e. The van der Waals surface area contributed by atoms with Crippen LogP contribution in [0.5, 0.6) is 0 Å². The number of allylic oxidation sites excluding steroid dienone is 1. The van der Waals surface area contributed by atoms with Gasteiger partial charge in [0.2, 0.25) is 5.82 Å². The van der Waals surface area contributed by atoms with E-state index in [-0.39, 0.29) is 18.0 Å². The van der Waals surface area contributed by atoms with Gasteiger partial charge in [0, 0.05) is 12.7 Å². The largest absolute Gasteiger partial charge is 0.462 e. The van der Waals surface area contributed by atoms with Crippen molar-refractivity contribution in [3.63, 3.8) is 0 Å². The van der Waals surface area contributed by atoms with Crippen molar-refractivity contribution in [1.82, 2.24) is 20.6 Å². The number of carbonyl (C=O) groups is 1. The number of esters is 1. The number of aromatic amines is 1. The molecule has 0 spiro atoms. The van der Waals surface area contributed by atoms with Crippen LogP contribution >= 0.6 is 0 Å². The summed E-state index contributed by atoms with van der Waals surface area (Å²) in [6, 6.07) is 24.7. The van der Waals surface area contributed by atoms with Gasteiger partial charge in [-0.3, -0.25) is 0 Å². The van der Waals surface area contributed by atoms with Gasteiger partial charge in [0.15, 0.2) is 0 Å². The zero-order valence-electron chi connectivity index (χ0n) is 19.9. The van der Waals surface area contributed by atoms with Crippen molar-refractivity contribution in [1.29, 1.82) is 10.5 Å². The average Bonchev–Trinajstić information content (AvgIpc) is 3.48. The SMILES string of the molecule is CCOC(=O)c1cccc(NC=C(C#N)c2nn[nH]n2)c1NCc1ccc(-c2ccccc2C#N)cc1. The van der Waals surface area contributed by atoms with Gasteiger partial charge in [-0.05, 0) is 47.0 Å². The third-order valence-corrected chi connectivity index (χ3v) is 5.42. The second-order valence-corrected chi connectivity index (χ2v) is 7.71. The fraction of sp³-hybridized carbons (Fsp3) is 0.111. The van der Waals surface area contributed by atoms with Crippen molar-refractivity contribution in [3.05, 3.63) is 95.4 Å². The van der Waals surface area contributed by atoms with Crippen molar-refractivity contribution in [2.24, 2.45) is 0 Å². The van der Waals surface area contributed by atoms with Crippen molar-refractivity contribution in [2.75, 3.05) is 17.2 Å². The molecule has 4 aromatic rings. The van der Waals surface area contributed by atoms with Crippen molar-refractivity contribution in [2.45, 2.75) is 13.5 Å². The molecule has 0 aliphatic heterocycles. The summed E-state index contributed by atoms with van der Waals surface area (Å²) in [6.45, 7) is 2.38. The minimum absolute atomic E-state index is 0.143. The number of hydrogen-bond donors (Lipinski definition) is 3. The number of anilines is 2. The highest BCUT2D eigenvalue weighted by Crippen LogP contribution is 2.29. The van der Waals surface area contributed by atoms with Crippen LogP contribution in [-0.2, 0) is 11.3 Å². The molecule has 0 fully saturated rings. The molecule has 1 aromatic heterocycles. The molecule has 4 rings (SSSR count). The van der Waals surface area contributed by atoms with Gasteiger partial charge in [-0.1, -0.05) is 48.5 Å². The van der Waals surface area contributed by atoms with E-state index < -0.39 is 5.97 Å². The molecule has 10 nitrogen and oxygen atoms in total. The van der Waals surface area contributed by atoms with Crippen LogP contribution in [0.15, 0.2) is 72.9 Å². The van der Waals surface area contributed by atoms with Gasteiger partial charge in [-0.15, -0.1) is 10.2 Å². The number of tetrazole rings is 1. The van der Waals surface area contributed by atoms with E-state index in [1.54, 1.807) is 31.2 Å². The standard InChI is InChI=1S/C27H22N8O2/c1-2-37-27(36)23-8-5-9-24(30-17-21(15-29)26-32-34-35-33-26)25(23)31-16-18-10-12-19(13-11-18)22-7-4-3-6-20(22)14-28/h3-13,17,30-31H,2,16H2,1H3,(H,32,33,34,35). The smallest absolute Gasteiger partial charge is 0.340 e. The quantitative estimate of drug-likeness (QED) is 0.227. The Kier molecular flexibility index (Phi) is 7.84. The Morgan fingerprint density at radius 3 is 2.59 bits per heavy atom. The first-order chi connectivity index (χ1) is 18.1. The molecule has 182 valence electrons. The molecule has 0 atom stereocenters. The van der Waals surface area contributed by atoms with E-state index in [0.717, 1.165) is 16.7 Å². The number of rotatable bonds is 9. The molecule has 0 amide bonds. The number of aromatic nitrogens is 4. The summed E-state index contributed by atoms with van der Waals surface area (Å²) < 4.78 is 5.23. The summed E-state index contributed by atoms with van der Waals surface area (Å²) in [7, 11) is 0. The summed E-state index contributed by atoms with van der Waals surface area (Å²) >= 11 is 0. The molecule has 0 radical (unpaired) electrons. The fourth-order valence-electron chi connectivity index (χ4n) is 3.64. The zero-order valence-corrected chi connectivity index (χ0v) is 19.9. The van der Waals surface area contributed by atoms with Crippen LogP contribution < -0.4 is 10.6 Å². The fourth-order valence-corrected chi connectivity index (χ4v) is 3.64. The van der Waals surface area contributed by atoms with Crippen molar-refractivity contribution >= 4 is 22.9 Å². The Morgan fingerprint density at radius 1 is 1.08 bits per heavy atom. The second-order valence-electron chi connectivity index (χ2n) is 7.71. The lowest BCUT2D eigenvalue weighted by atomic mass is 9.99. The van der Waals surface area contributed by atoms with E-state index in [0.29, 0.717) is 29.0 Å². The van der Waals surface area contributed by atoms with Crippen molar-refractivity contribution < 1.29 is 9.53 Å². The molecular weight excluding hydrogens is 468 g/mol. The minimum atomic E-state index is -0.472. The normalized spacial score (nSPS) is 10.7. The summed E-state index contributed by atoms with van der Waals surface area (Å²) in [5, 5.41) is 38.7. The van der Waals surface area contributed by atoms with Crippen molar-refractivity contribution in [3.8, 4) is 23.3 Å². The maximum atomic E-state index is 12.7. The van der Waals surface area contributed by atoms with Crippen LogP contribution in [0.3, 0.4) is 0 Å². The molecule has 1 heterocycles. The number of nitrogens with zero attached hydrogens (tertiary/aromatic N) is 5. The van der Waals surface area contributed by atoms with Crippen LogP contribution in [0.1, 0.15) is 34.2 Å². The van der Waals surface area contributed by atoms with Crippen LogP contribution in [0.4, 0.5) is 11.4 Å². The lowest BCUT2D eigenvalue weighted by molar-refractivity contribution is 0.0527. The highest BCUT2D eigenvalue weighted by Gasteiger charge is 2.16. The predicted octanol–water partition coefficient (Wildman–Crippen LogP) is 4.50. The van der Waals surface area contributed by atoms with Crippen LogP contribution in [-0.4, -0.2) is 33.2 Å². The first-order valence-corrected chi connectivity index (χ1v) is 11.4. The Bertz CT molecular complexity index is 1500. The van der Waals surface area contributed by atoms with Gasteiger partial charge in [-0.2, -0.15) is 15.7 Å². The van der Waals surface area contributed by atoms with Gasteiger partial charge in [0.1, 0.15) is 11.6 Å². The first kappa shape index (κ1) is 24.6. The van der Waals surface area contributed by atoms with E-state index in [4.69, 9.17) is 4.74 Å². The van der Waals surface area contributed by atoms with Gasteiger partial charge in [-0.25, -0.2) is 4.79 Å². The first-order valence-electron chi connectivity index (χ1n) is 11.4. The number of benzene rings is 3. The Balaban J connectivity index is 1.59. The third-order valence-electron chi connectivity index (χ3n) is 5.42. The molecule has 10 heteroatoms. The number of nitrogens with one attached hydrogen (secondary N) is 3. The third kappa shape index (κ3) is 5.78. The molecule has 0 bridgehead atoms. The number of nitriles is 2. The number of carbonyl (C=O) groups excluding carboxylic acids is 1. The summed E-state index contributed by atoms with van der Waals surface area (Å²) in [5.41, 5.74) is 4.95. The Hall–Kier alpha value is -5.48. The summed E-state index contributed by atoms with van der Waals surface area (Å²) in [5.74, 6) is -0.330. The van der Waals surface area contributed by atoms with Gasteiger partial charge in [0.25, 0.3) is 0 Å². The molecule has 3 N–H and O–H groups in total.